The minimum Gasteiger partial charge on any atom is -0.390 e. The summed E-state index contributed by atoms with van der Waals surface area (Å²) in [6, 6.07) is 14.6. The summed E-state index contributed by atoms with van der Waals surface area (Å²) in [5, 5.41) is 23.8. The van der Waals surface area contributed by atoms with Crippen molar-refractivity contribution < 1.29 is 9.50 Å². The number of nitriles is 1. The van der Waals surface area contributed by atoms with Crippen LogP contribution in [0.25, 0.3) is 0 Å². The summed E-state index contributed by atoms with van der Waals surface area (Å²) in [7, 11) is 0. The third-order valence-electron chi connectivity index (χ3n) is 3.83. The molecule has 120 valence electrons. The van der Waals surface area contributed by atoms with Gasteiger partial charge in [-0.3, -0.25) is 0 Å². The lowest BCUT2D eigenvalue weighted by atomic mass is 9.95. The van der Waals surface area contributed by atoms with Gasteiger partial charge >= 0.3 is 0 Å². The molecular weight excluding hydrogens is 307 g/mol. The van der Waals surface area contributed by atoms with Gasteiger partial charge in [-0.15, -0.1) is 0 Å². The minimum absolute atomic E-state index is 0.312. The van der Waals surface area contributed by atoms with Gasteiger partial charge in [0.25, 0.3) is 0 Å². The van der Waals surface area contributed by atoms with Crippen molar-refractivity contribution in [3.05, 3.63) is 83.7 Å². The van der Waals surface area contributed by atoms with Crippen molar-refractivity contribution in [2.45, 2.75) is 18.6 Å². The van der Waals surface area contributed by atoms with Gasteiger partial charge in [0, 0.05) is 6.42 Å². The van der Waals surface area contributed by atoms with E-state index in [1.807, 2.05) is 0 Å². The maximum Gasteiger partial charge on any atom is 0.137 e. The first-order valence-electron chi connectivity index (χ1n) is 7.44. The first-order valence-corrected chi connectivity index (χ1v) is 7.44. The summed E-state index contributed by atoms with van der Waals surface area (Å²) in [5.41, 5.74) is 2.18. The second-order valence-corrected chi connectivity index (χ2v) is 5.45. The van der Waals surface area contributed by atoms with Gasteiger partial charge in [-0.25, -0.2) is 14.1 Å². The van der Waals surface area contributed by atoms with Crippen LogP contribution in [0.15, 0.2) is 61.2 Å². The lowest BCUT2D eigenvalue weighted by Crippen LogP contribution is -2.27. The fourth-order valence-corrected chi connectivity index (χ4v) is 2.64. The zero-order valence-corrected chi connectivity index (χ0v) is 12.7. The molecule has 6 heteroatoms. The molecule has 24 heavy (non-hydrogen) atoms. The highest BCUT2D eigenvalue weighted by Gasteiger charge is 2.24. The number of halogens is 1. The van der Waals surface area contributed by atoms with E-state index in [2.05, 4.69) is 16.2 Å². The molecule has 1 N–H and O–H groups in total. The molecule has 2 aromatic carbocycles. The number of aromatic nitrogens is 3. The topological polar surface area (TPSA) is 74.7 Å². The molecule has 0 aliphatic carbocycles. The fraction of sp³-hybridized carbons (Fsp3) is 0.167. The molecule has 1 aromatic heterocycles. The average molecular weight is 322 g/mol. The van der Waals surface area contributed by atoms with Gasteiger partial charge in [0.15, 0.2) is 0 Å². The Morgan fingerprint density at radius 2 is 1.83 bits per heavy atom. The van der Waals surface area contributed by atoms with Gasteiger partial charge in [0.1, 0.15) is 24.5 Å². The van der Waals surface area contributed by atoms with Crippen LogP contribution in [0.1, 0.15) is 22.7 Å². The zero-order chi connectivity index (χ0) is 16.9. The number of aliphatic hydroxyl groups excluding tert-OH is 1. The molecule has 0 amide bonds. The van der Waals surface area contributed by atoms with E-state index in [4.69, 9.17) is 5.26 Å². The number of hydrogen-bond acceptors (Lipinski definition) is 4. The number of aliphatic hydroxyl groups is 1. The van der Waals surface area contributed by atoms with Gasteiger partial charge in [-0.1, -0.05) is 24.3 Å². The maximum absolute atomic E-state index is 13.0. The van der Waals surface area contributed by atoms with Crippen molar-refractivity contribution in [3.8, 4) is 6.07 Å². The molecule has 0 spiro atoms. The van der Waals surface area contributed by atoms with Crippen LogP contribution in [0.4, 0.5) is 4.39 Å². The number of rotatable bonds is 5. The van der Waals surface area contributed by atoms with Crippen molar-refractivity contribution in [2.24, 2.45) is 0 Å². The first-order chi connectivity index (χ1) is 11.7. The largest absolute Gasteiger partial charge is 0.390 e. The van der Waals surface area contributed by atoms with E-state index < -0.39 is 12.1 Å². The monoisotopic (exact) mass is 322 g/mol. The Balaban J connectivity index is 1.89. The SMILES string of the molecule is N#Cc1ccc([C@H]([C@H](O)Cc2ccc(F)cc2)n2cncn2)cc1. The highest BCUT2D eigenvalue weighted by atomic mass is 19.1. The summed E-state index contributed by atoms with van der Waals surface area (Å²) in [5.74, 6) is -0.312. The second-order valence-electron chi connectivity index (χ2n) is 5.45. The molecule has 3 rings (SSSR count). The van der Waals surface area contributed by atoms with E-state index in [1.54, 1.807) is 41.1 Å². The Bertz CT molecular complexity index is 823. The zero-order valence-electron chi connectivity index (χ0n) is 12.7. The molecule has 0 saturated carbocycles. The molecular formula is C18H15FN4O. The molecule has 0 unspecified atom stereocenters. The van der Waals surface area contributed by atoms with E-state index in [-0.39, 0.29) is 5.82 Å². The first kappa shape index (κ1) is 15.8. The predicted octanol–water partition coefficient (Wildman–Crippen LogP) is 2.48. The van der Waals surface area contributed by atoms with E-state index in [0.717, 1.165) is 11.1 Å². The van der Waals surface area contributed by atoms with Crippen molar-refractivity contribution in [1.82, 2.24) is 14.8 Å². The van der Waals surface area contributed by atoms with Crippen molar-refractivity contribution >= 4 is 0 Å². The quantitative estimate of drug-likeness (QED) is 0.783. The molecule has 0 bridgehead atoms. The molecule has 5 nitrogen and oxygen atoms in total. The highest BCUT2D eigenvalue weighted by Crippen LogP contribution is 2.24. The molecule has 0 aliphatic heterocycles. The van der Waals surface area contributed by atoms with Crippen molar-refractivity contribution in [1.29, 1.82) is 5.26 Å². The van der Waals surface area contributed by atoms with Gasteiger partial charge in [0.2, 0.25) is 0 Å². The van der Waals surface area contributed by atoms with E-state index >= 15 is 0 Å². The van der Waals surface area contributed by atoms with Crippen LogP contribution in [0, 0.1) is 17.1 Å². The van der Waals surface area contributed by atoms with E-state index in [0.29, 0.717) is 12.0 Å². The lowest BCUT2D eigenvalue weighted by Gasteiger charge is -2.23. The van der Waals surface area contributed by atoms with Crippen LogP contribution in [-0.4, -0.2) is 26.0 Å². The van der Waals surface area contributed by atoms with Crippen LogP contribution < -0.4 is 0 Å². The number of benzene rings is 2. The molecule has 2 atom stereocenters. The van der Waals surface area contributed by atoms with Crippen molar-refractivity contribution in [2.75, 3.05) is 0 Å². The Labute approximate surface area is 138 Å². The lowest BCUT2D eigenvalue weighted by molar-refractivity contribution is 0.124. The predicted molar refractivity (Wildman–Crippen MR) is 85.4 cm³/mol. The van der Waals surface area contributed by atoms with Crippen LogP contribution in [-0.2, 0) is 6.42 Å². The van der Waals surface area contributed by atoms with Crippen molar-refractivity contribution in [3.63, 3.8) is 0 Å². The van der Waals surface area contributed by atoms with Crippen LogP contribution in [0.2, 0.25) is 0 Å². The smallest absolute Gasteiger partial charge is 0.137 e. The maximum atomic E-state index is 13.0. The molecule has 0 radical (unpaired) electrons. The molecule has 3 aromatic rings. The molecule has 0 fully saturated rings. The van der Waals surface area contributed by atoms with Crippen LogP contribution in [0.5, 0.6) is 0 Å². The van der Waals surface area contributed by atoms with E-state index in [9.17, 15) is 9.50 Å². The van der Waals surface area contributed by atoms with Gasteiger partial charge in [0.05, 0.1) is 17.7 Å². The van der Waals surface area contributed by atoms with Gasteiger partial charge in [-0.2, -0.15) is 10.4 Å². The van der Waals surface area contributed by atoms with E-state index in [1.165, 1.54) is 24.8 Å². The second kappa shape index (κ2) is 7.02. The third-order valence-corrected chi connectivity index (χ3v) is 3.83. The summed E-state index contributed by atoms with van der Waals surface area (Å²) in [6.07, 6.45) is 2.49. The Kier molecular flexibility index (Phi) is 4.64. The fourth-order valence-electron chi connectivity index (χ4n) is 2.64. The number of nitrogens with zero attached hydrogens (tertiary/aromatic N) is 4. The van der Waals surface area contributed by atoms with Gasteiger partial charge in [-0.05, 0) is 35.4 Å². The summed E-state index contributed by atoms with van der Waals surface area (Å²) in [4.78, 5) is 3.94. The summed E-state index contributed by atoms with van der Waals surface area (Å²) < 4.78 is 14.6. The summed E-state index contributed by atoms with van der Waals surface area (Å²) >= 11 is 0. The Morgan fingerprint density at radius 1 is 1.12 bits per heavy atom. The van der Waals surface area contributed by atoms with Gasteiger partial charge < -0.3 is 5.11 Å². The highest BCUT2D eigenvalue weighted by molar-refractivity contribution is 5.33. The van der Waals surface area contributed by atoms with Crippen LogP contribution >= 0.6 is 0 Å². The number of hydrogen-bond donors (Lipinski definition) is 1. The molecule has 1 heterocycles. The molecule has 0 saturated heterocycles. The Morgan fingerprint density at radius 3 is 2.42 bits per heavy atom. The minimum atomic E-state index is -0.787. The normalized spacial score (nSPS) is 13.2. The Hall–Kier alpha value is -3.04. The van der Waals surface area contributed by atoms with Crippen LogP contribution in [0.3, 0.4) is 0 Å². The molecule has 0 aliphatic rings. The average Bonchev–Trinajstić information content (AvgIpc) is 3.12. The summed E-state index contributed by atoms with van der Waals surface area (Å²) in [6.45, 7) is 0. The standard InChI is InChI=1S/C18H15FN4O/c19-16-7-3-13(4-8-16)9-17(24)18(23-12-21-11-22-23)15-5-1-14(10-20)2-6-15/h1-8,11-12,17-18,24H,9H2/t17-,18-/m1/s1. The third kappa shape index (κ3) is 3.47.